The minimum absolute atomic E-state index is 0.0167. The summed E-state index contributed by atoms with van der Waals surface area (Å²) in [6.45, 7) is 1.04. The predicted octanol–water partition coefficient (Wildman–Crippen LogP) is 2.93. The molecule has 0 radical (unpaired) electrons. The van der Waals surface area contributed by atoms with Gasteiger partial charge >= 0.3 is 0 Å². The molecule has 8 heteroatoms. The molecule has 7 nitrogen and oxygen atoms in total. The summed E-state index contributed by atoms with van der Waals surface area (Å²) in [6, 6.07) is 13.3. The van der Waals surface area contributed by atoms with E-state index in [0.29, 0.717) is 31.6 Å². The molecule has 5 rings (SSSR count). The van der Waals surface area contributed by atoms with Crippen molar-refractivity contribution < 1.29 is 13.2 Å². The molecule has 30 heavy (non-hydrogen) atoms. The minimum atomic E-state index is -3.31. The Bertz CT molecular complexity index is 1180. The molecule has 154 valence electrons. The average Bonchev–Trinajstić information content (AvgIpc) is 3.51. The van der Waals surface area contributed by atoms with Crippen LogP contribution in [0.1, 0.15) is 24.8 Å². The van der Waals surface area contributed by atoms with Crippen LogP contribution in [0.2, 0.25) is 0 Å². The highest BCUT2D eigenvalue weighted by Crippen LogP contribution is 2.42. The summed E-state index contributed by atoms with van der Waals surface area (Å²) in [7, 11) is -3.31. The minimum Gasteiger partial charge on any atom is -0.325 e. The molecule has 1 atom stereocenters. The molecule has 2 N–H and O–H groups in total. The number of nitriles is 1. The monoisotopic (exact) mass is 422 g/mol. The number of amides is 1. The third-order valence-corrected chi connectivity index (χ3v) is 8.15. The lowest BCUT2D eigenvalue weighted by Crippen LogP contribution is -2.43. The Morgan fingerprint density at radius 2 is 1.97 bits per heavy atom. The molecule has 2 heterocycles. The average molecular weight is 423 g/mol. The largest absolute Gasteiger partial charge is 0.325 e. The van der Waals surface area contributed by atoms with Gasteiger partial charge in [-0.1, -0.05) is 18.2 Å². The molecular formula is C22H22N4O3S. The summed E-state index contributed by atoms with van der Waals surface area (Å²) in [5.74, 6) is -0.0167. The van der Waals surface area contributed by atoms with Crippen LogP contribution in [0.4, 0.5) is 11.4 Å². The van der Waals surface area contributed by atoms with E-state index in [4.69, 9.17) is 0 Å². The maximum atomic E-state index is 12.7. The molecule has 1 unspecified atom stereocenters. The second-order valence-corrected chi connectivity index (χ2v) is 10.4. The van der Waals surface area contributed by atoms with E-state index in [9.17, 15) is 18.5 Å². The fraction of sp³-hybridized carbons (Fsp3) is 0.364. The number of rotatable bonds is 4. The van der Waals surface area contributed by atoms with Gasteiger partial charge in [-0.05, 0) is 66.6 Å². The van der Waals surface area contributed by atoms with Gasteiger partial charge in [0.15, 0.2) is 6.19 Å². The molecule has 1 amide bonds. The van der Waals surface area contributed by atoms with Crippen LogP contribution in [0.5, 0.6) is 0 Å². The first-order valence-electron chi connectivity index (χ1n) is 10.1. The normalized spacial score (nSPS) is 23.0. The number of anilines is 2. The zero-order chi connectivity index (χ0) is 20.9. The Morgan fingerprint density at radius 3 is 2.70 bits per heavy atom. The maximum Gasteiger partial charge on any atom is 0.235 e. The van der Waals surface area contributed by atoms with Gasteiger partial charge in [-0.2, -0.15) is 5.26 Å². The van der Waals surface area contributed by atoms with Gasteiger partial charge in [0, 0.05) is 24.5 Å². The first kappa shape index (κ1) is 18.9. The van der Waals surface area contributed by atoms with E-state index in [1.165, 1.54) is 0 Å². The Labute approximate surface area is 175 Å². The molecule has 1 saturated carbocycles. The highest BCUT2D eigenvalue weighted by atomic mass is 32.2. The molecule has 0 aromatic heterocycles. The molecule has 1 spiro atoms. The van der Waals surface area contributed by atoms with Crippen LogP contribution in [0.25, 0.3) is 11.1 Å². The van der Waals surface area contributed by atoms with Gasteiger partial charge in [-0.15, -0.1) is 0 Å². The molecule has 1 saturated heterocycles. The molecule has 3 aliphatic rings. The number of carbonyl (C=O) groups is 1. The first-order chi connectivity index (χ1) is 14.4. The third kappa shape index (κ3) is 3.29. The Hall–Kier alpha value is -3.05. The number of benzene rings is 2. The van der Waals surface area contributed by atoms with Crippen molar-refractivity contribution in [2.75, 3.05) is 23.1 Å². The fourth-order valence-electron chi connectivity index (χ4n) is 4.42. The zero-order valence-electron chi connectivity index (χ0n) is 16.4. The van der Waals surface area contributed by atoms with Crippen LogP contribution in [0, 0.1) is 16.9 Å². The summed E-state index contributed by atoms with van der Waals surface area (Å²) in [4.78, 5) is 14.4. The van der Waals surface area contributed by atoms with E-state index in [1.807, 2.05) is 30.3 Å². The van der Waals surface area contributed by atoms with Crippen molar-refractivity contribution in [1.82, 2.24) is 4.90 Å². The standard InChI is InChI=1S/C22H22N4O3S/c23-14-26-9-8-22(13-26)12-17-10-16(4-7-20(17)24-21(22)27)15-2-1-3-18(11-15)25-30(28,29)19-5-6-19/h1-4,7,10-11,19,25H,5-6,8-9,12-13H2,(H,24,27). The molecule has 2 fully saturated rings. The number of carbonyl (C=O) groups excluding carboxylic acids is 1. The molecule has 2 aromatic rings. The molecule has 1 aliphatic carbocycles. The van der Waals surface area contributed by atoms with Gasteiger partial charge in [0.05, 0.1) is 10.7 Å². The zero-order valence-corrected chi connectivity index (χ0v) is 17.2. The van der Waals surface area contributed by atoms with E-state index in [2.05, 4.69) is 22.3 Å². The lowest BCUT2D eigenvalue weighted by atomic mass is 9.76. The van der Waals surface area contributed by atoms with Crippen molar-refractivity contribution >= 4 is 27.3 Å². The first-order valence-corrected chi connectivity index (χ1v) is 11.6. The van der Waals surface area contributed by atoms with Gasteiger partial charge in [0.1, 0.15) is 0 Å². The van der Waals surface area contributed by atoms with E-state index in [-0.39, 0.29) is 11.2 Å². The van der Waals surface area contributed by atoms with Crippen molar-refractivity contribution in [3.8, 4) is 17.3 Å². The number of hydrogen-bond acceptors (Lipinski definition) is 5. The maximum absolute atomic E-state index is 12.7. The molecule has 2 aliphatic heterocycles. The van der Waals surface area contributed by atoms with Crippen LogP contribution in [0.3, 0.4) is 0 Å². The number of nitrogens with zero attached hydrogens (tertiary/aromatic N) is 2. The topological polar surface area (TPSA) is 102 Å². The number of hydrogen-bond donors (Lipinski definition) is 2. The second kappa shape index (κ2) is 6.74. The van der Waals surface area contributed by atoms with E-state index < -0.39 is 15.4 Å². The lowest BCUT2D eigenvalue weighted by Gasteiger charge is -2.33. The van der Waals surface area contributed by atoms with Crippen molar-refractivity contribution in [3.63, 3.8) is 0 Å². The fourth-order valence-corrected chi connectivity index (χ4v) is 5.80. The van der Waals surface area contributed by atoms with E-state index in [0.717, 1.165) is 35.2 Å². The number of fused-ring (bicyclic) bond motifs is 1. The van der Waals surface area contributed by atoms with Crippen molar-refractivity contribution in [2.24, 2.45) is 5.41 Å². The van der Waals surface area contributed by atoms with Gasteiger partial charge in [0.2, 0.25) is 15.9 Å². The quantitative estimate of drug-likeness (QED) is 0.738. The van der Waals surface area contributed by atoms with Crippen molar-refractivity contribution in [1.29, 1.82) is 5.26 Å². The lowest BCUT2D eigenvalue weighted by molar-refractivity contribution is -0.125. The van der Waals surface area contributed by atoms with Gasteiger partial charge < -0.3 is 10.2 Å². The van der Waals surface area contributed by atoms with Gasteiger partial charge in [0.25, 0.3) is 0 Å². The number of sulfonamides is 1. The van der Waals surface area contributed by atoms with Crippen LogP contribution in [-0.4, -0.2) is 37.6 Å². The Morgan fingerprint density at radius 1 is 1.17 bits per heavy atom. The predicted molar refractivity (Wildman–Crippen MR) is 114 cm³/mol. The summed E-state index contributed by atoms with van der Waals surface area (Å²) < 4.78 is 27.2. The van der Waals surface area contributed by atoms with Crippen LogP contribution in [-0.2, 0) is 21.2 Å². The SMILES string of the molecule is N#CN1CCC2(Cc3cc(-c4cccc(NS(=O)(=O)C5CC5)c4)ccc3NC2=O)C1. The van der Waals surface area contributed by atoms with E-state index in [1.54, 1.807) is 11.0 Å². The smallest absolute Gasteiger partial charge is 0.235 e. The van der Waals surface area contributed by atoms with Crippen LogP contribution >= 0.6 is 0 Å². The molecule has 2 aromatic carbocycles. The number of likely N-dealkylation sites (tertiary alicyclic amines) is 1. The van der Waals surface area contributed by atoms with Crippen molar-refractivity contribution in [3.05, 3.63) is 48.0 Å². The Kier molecular flexibility index (Phi) is 4.26. The third-order valence-electron chi connectivity index (χ3n) is 6.28. The van der Waals surface area contributed by atoms with Crippen LogP contribution < -0.4 is 10.0 Å². The molecular weight excluding hydrogens is 400 g/mol. The second-order valence-electron chi connectivity index (χ2n) is 8.48. The van der Waals surface area contributed by atoms with Gasteiger partial charge in [-0.25, -0.2) is 8.42 Å². The summed E-state index contributed by atoms with van der Waals surface area (Å²) >= 11 is 0. The number of nitrogens with one attached hydrogen (secondary N) is 2. The van der Waals surface area contributed by atoms with Crippen LogP contribution in [0.15, 0.2) is 42.5 Å². The molecule has 0 bridgehead atoms. The van der Waals surface area contributed by atoms with E-state index >= 15 is 0 Å². The van der Waals surface area contributed by atoms with Gasteiger partial charge in [-0.3, -0.25) is 9.52 Å². The summed E-state index contributed by atoms with van der Waals surface area (Å²) in [5, 5.41) is 11.9. The Balaban J connectivity index is 1.43. The summed E-state index contributed by atoms with van der Waals surface area (Å²) in [6.07, 6.45) is 4.84. The highest BCUT2D eigenvalue weighted by Gasteiger charge is 2.47. The summed E-state index contributed by atoms with van der Waals surface area (Å²) in [5.41, 5.74) is 3.70. The van der Waals surface area contributed by atoms with Crippen molar-refractivity contribution in [2.45, 2.75) is 30.9 Å². The highest BCUT2D eigenvalue weighted by molar-refractivity contribution is 7.93.